The molecule has 1 heterocycles. The first-order valence-electron chi connectivity index (χ1n) is 6.25. The van der Waals surface area contributed by atoms with Crippen molar-refractivity contribution in [2.45, 2.75) is 26.3 Å². The highest BCUT2D eigenvalue weighted by atomic mass is 79.9. The van der Waals surface area contributed by atoms with Crippen LogP contribution in [0.5, 0.6) is 0 Å². The van der Waals surface area contributed by atoms with Gasteiger partial charge in [-0.1, -0.05) is 18.2 Å². The van der Waals surface area contributed by atoms with Gasteiger partial charge in [0.25, 0.3) is 0 Å². The van der Waals surface area contributed by atoms with E-state index in [4.69, 9.17) is 5.84 Å². The van der Waals surface area contributed by atoms with Crippen molar-refractivity contribution in [3.8, 4) is 0 Å². The van der Waals surface area contributed by atoms with E-state index in [1.807, 2.05) is 12.1 Å². The monoisotopic (exact) mass is 319 g/mol. The van der Waals surface area contributed by atoms with Crippen molar-refractivity contribution in [1.29, 1.82) is 0 Å². The Balaban J connectivity index is 2.32. The number of hydrogen-bond acceptors (Lipinski definition) is 3. The lowest BCUT2D eigenvalue weighted by Gasteiger charge is -2.19. The van der Waals surface area contributed by atoms with E-state index in [9.17, 15) is 0 Å². The third-order valence-corrected chi connectivity index (χ3v) is 4.04. The Morgan fingerprint density at radius 2 is 1.89 bits per heavy atom. The molecule has 2 aromatic rings. The summed E-state index contributed by atoms with van der Waals surface area (Å²) >= 11 is 3.53. The molecule has 3 N–H and O–H groups in total. The first-order valence-corrected chi connectivity index (χ1v) is 7.04. The van der Waals surface area contributed by atoms with Crippen molar-refractivity contribution in [2.24, 2.45) is 5.84 Å². The fraction of sp³-hybridized carbons (Fsp3) is 0.267. The molecule has 1 atom stereocenters. The van der Waals surface area contributed by atoms with Crippen LogP contribution in [0.2, 0.25) is 0 Å². The molecule has 0 spiro atoms. The molecule has 2 rings (SSSR count). The van der Waals surface area contributed by atoms with Crippen LogP contribution in [0.1, 0.15) is 28.4 Å². The Labute approximate surface area is 122 Å². The van der Waals surface area contributed by atoms with Crippen molar-refractivity contribution < 1.29 is 0 Å². The predicted octanol–water partition coefficient (Wildman–Crippen LogP) is 3.21. The Kier molecular flexibility index (Phi) is 4.69. The summed E-state index contributed by atoms with van der Waals surface area (Å²) in [5, 5.41) is 0. The van der Waals surface area contributed by atoms with E-state index in [2.05, 4.69) is 58.4 Å². The molecule has 100 valence electrons. The van der Waals surface area contributed by atoms with Crippen LogP contribution in [0, 0.1) is 13.8 Å². The molecule has 0 saturated carbocycles. The standard InChI is InChI=1S/C15H18BrN3/c1-10-5-3-6-11(2)12(10)9-14(19-17)15-13(16)7-4-8-18-15/h3-8,14,19H,9,17H2,1-2H3. The van der Waals surface area contributed by atoms with Crippen LogP contribution in [0.15, 0.2) is 41.0 Å². The number of halogens is 1. The lowest BCUT2D eigenvalue weighted by atomic mass is 9.95. The smallest absolute Gasteiger partial charge is 0.0731 e. The summed E-state index contributed by atoms with van der Waals surface area (Å²) in [5.74, 6) is 5.71. The highest BCUT2D eigenvalue weighted by molar-refractivity contribution is 9.10. The van der Waals surface area contributed by atoms with Crippen molar-refractivity contribution in [3.05, 3.63) is 63.4 Å². The number of aromatic nitrogens is 1. The lowest BCUT2D eigenvalue weighted by molar-refractivity contribution is 0.534. The van der Waals surface area contributed by atoms with Gasteiger partial charge in [0.15, 0.2) is 0 Å². The molecule has 19 heavy (non-hydrogen) atoms. The number of pyridine rings is 1. The zero-order chi connectivity index (χ0) is 13.8. The summed E-state index contributed by atoms with van der Waals surface area (Å²) in [4.78, 5) is 4.42. The molecule has 0 radical (unpaired) electrons. The fourth-order valence-electron chi connectivity index (χ4n) is 2.26. The minimum absolute atomic E-state index is 0.00428. The van der Waals surface area contributed by atoms with Crippen molar-refractivity contribution in [1.82, 2.24) is 10.4 Å². The number of rotatable bonds is 4. The maximum absolute atomic E-state index is 5.71. The minimum atomic E-state index is -0.00428. The molecule has 4 heteroatoms. The number of hydrazine groups is 1. The second kappa shape index (κ2) is 6.28. The van der Waals surface area contributed by atoms with Crippen LogP contribution in [-0.4, -0.2) is 4.98 Å². The van der Waals surface area contributed by atoms with Crippen LogP contribution < -0.4 is 11.3 Å². The summed E-state index contributed by atoms with van der Waals surface area (Å²) in [7, 11) is 0. The summed E-state index contributed by atoms with van der Waals surface area (Å²) in [6.07, 6.45) is 2.61. The van der Waals surface area contributed by atoms with Gasteiger partial charge in [0.2, 0.25) is 0 Å². The third-order valence-electron chi connectivity index (χ3n) is 3.37. The molecule has 3 nitrogen and oxygen atoms in total. The normalized spacial score (nSPS) is 12.4. The highest BCUT2D eigenvalue weighted by Crippen LogP contribution is 2.25. The van der Waals surface area contributed by atoms with E-state index >= 15 is 0 Å². The second-order valence-electron chi connectivity index (χ2n) is 4.66. The van der Waals surface area contributed by atoms with Crippen molar-refractivity contribution in [3.63, 3.8) is 0 Å². The number of nitrogens with zero attached hydrogens (tertiary/aromatic N) is 1. The van der Waals surface area contributed by atoms with Crippen molar-refractivity contribution >= 4 is 15.9 Å². The molecular formula is C15H18BrN3. The molecule has 1 unspecified atom stereocenters. The van der Waals surface area contributed by atoms with Gasteiger partial charge in [0.05, 0.1) is 11.7 Å². The van der Waals surface area contributed by atoms with Crippen LogP contribution in [0.4, 0.5) is 0 Å². The number of hydrogen-bond donors (Lipinski definition) is 2. The lowest BCUT2D eigenvalue weighted by Crippen LogP contribution is -2.31. The van der Waals surface area contributed by atoms with Crippen molar-refractivity contribution in [2.75, 3.05) is 0 Å². The molecule has 1 aromatic carbocycles. The number of aryl methyl sites for hydroxylation is 2. The van der Waals surface area contributed by atoms with Crippen LogP contribution in [0.3, 0.4) is 0 Å². The van der Waals surface area contributed by atoms with Gasteiger partial charge in [-0.15, -0.1) is 0 Å². The Bertz CT molecular complexity index is 549. The number of nitrogens with two attached hydrogens (primary N) is 1. The van der Waals surface area contributed by atoms with Gasteiger partial charge in [-0.3, -0.25) is 16.3 Å². The Morgan fingerprint density at radius 3 is 2.47 bits per heavy atom. The minimum Gasteiger partial charge on any atom is -0.271 e. The Hall–Kier alpha value is -1.23. The van der Waals surface area contributed by atoms with E-state index in [0.717, 1.165) is 16.6 Å². The molecule has 0 saturated heterocycles. The number of benzene rings is 1. The van der Waals surface area contributed by atoms with E-state index < -0.39 is 0 Å². The Morgan fingerprint density at radius 1 is 1.21 bits per heavy atom. The topological polar surface area (TPSA) is 50.9 Å². The molecule has 1 aromatic heterocycles. The predicted molar refractivity (Wildman–Crippen MR) is 81.6 cm³/mol. The highest BCUT2D eigenvalue weighted by Gasteiger charge is 2.16. The maximum Gasteiger partial charge on any atom is 0.0731 e. The first-order chi connectivity index (χ1) is 9.13. The average Bonchev–Trinajstić information content (AvgIpc) is 2.40. The summed E-state index contributed by atoms with van der Waals surface area (Å²) in [6.45, 7) is 4.26. The third kappa shape index (κ3) is 3.21. The molecule has 0 aliphatic rings. The SMILES string of the molecule is Cc1cccc(C)c1CC(NN)c1ncccc1Br. The van der Waals surface area contributed by atoms with Gasteiger partial charge >= 0.3 is 0 Å². The molecule has 0 fully saturated rings. The molecular weight excluding hydrogens is 302 g/mol. The zero-order valence-corrected chi connectivity index (χ0v) is 12.7. The molecule has 0 aliphatic carbocycles. The maximum atomic E-state index is 5.71. The van der Waals surface area contributed by atoms with E-state index in [1.54, 1.807) is 6.20 Å². The summed E-state index contributed by atoms with van der Waals surface area (Å²) in [6, 6.07) is 10.2. The van der Waals surface area contributed by atoms with E-state index in [0.29, 0.717) is 0 Å². The quantitative estimate of drug-likeness (QED) is 0.672. The van der Waals surface area contributed by atoms with Gasteiger partial charge in [0, 0.05) is 10.7 Å². The van der Waals surface area contributed by atoms with E-state index in [1.165, 1.54) is 16.7 Å². The summed E-state index contributed by atoms with van der Waals surface area (Å²) in [5.41, 5.74) is 7.70. The van der Waals surface area contributed by atoms with E-state index in [-0.39, 0.29) is 6.04 Å². The van der Waals surface area contributed by atoms with Gasteiger partial charge in [-0.05, 0) is 65.0 Å². The second-order valence-corrected chi connectivity index (χ2v) is 5.52. The summed E-state index contributed by atoms with van der Waals surface area (Å²) < 4.78 is 0.976. The molecule has 0 aliphatic heterocycles. The first kappa shape index (κ1) is 14.2. The molecule has 0 amide bonds. The van der Waals surface area contributed by atoms with Crippen LogP contribution in [0.25, 0.3) is 0 Å². The van der Waals surface area contributed by atoms with Gasteiger partial charge < -0.3 is 0 Å². The van der Waals surface area contributed by atoms with Gasteiger partial charge in [-0.25, -0.2) is 0 Å². The molecule has 0 bridgehead atoms. The van der Waals surface area contributed by atoms with Crippen LogP contribution >= 0.6 is 15.9 Å². The number of nitrogens with one attached hydrogen (secondary N) is 1. The van der Waals surface area contributed by atoms with Gasteiger partial charge in [-0.2, -0.15) is 0 Å². The largest absolute Gasteiger partial charge is 0.271 e. The average molecular weight is 320 g/mol. The fourth-order valence-corrected chi connectivity index (χ4v) is 2.80. The van der Waals surface area contributed by atoms with Crippen LogP contribution in [-0.2, 0) is 6.42 Å². The zero-order valence-electron chi connectivity index (χ0n) is 11.2. The van der Waals surface area contributed by atoms with Gasteiger partial charge in [0.1, 0.15) is 0 Å².